The van der Waals surface area contributed by atoms with Gasteiger partial charge in [0.15, 0.2) is 0 Å². The molecule has 3 aromatic carbocycles. The quantitative estimate of drug-likeness (QED) is 0.0980. The second-order valence-electron chi connectivity index (χ2n) is 12.9. The third-order valence-electron chi connectivity index (χ3n) is 9.81. The van der Waals surface area contributed by atoms with Crippen LogP contribution in [0.4, 0.5) is 5.69 Å². The molecule has 54 heavy (non-hydrogen) atoms. The van der Waals surface area contributed by atoms with E-state index in [4.69, 9.17) is 41.0 Å². The second kappa shape index (κ2) is 16.3. The zero-order valence-corrected chi connectivity index (χ0v) is 31.0. The summed E-state index contributed by atoms with van der Waals surface area (Å²) < 4.78 is 5.86. The Balaban J connectivity index is 0.000000186. The fourth-order valence-corrected chi connectivity index (χ4v) is 6.66. The number of terminal acetylenes is 3. The average Bonchev–Trinajstić information content (AvgIpc) is 3.68. The molecule has 0 saturated carbocycles. The number of aromatic nitrogens is 3. The van der Waals surface area contributed by atoms with Gasteiger partial charge in [0.1, 0.15) is 12.1 Å². The number of hydrogen-bond donors (Lipinski definition) is 4. The van der Waals surface area contributed by atoms with Crippen LogP contribution in [0.3, 0.4) is 0 Å². The Morgan fingerprint density at radius 2 is 1.22 bits per heavy atom. The summed E-state index contributed by atoms with van der Waals surface area (Å²) in [7, 11) is 5.70. The molecule has 0 bridgehead atoms. The summed E-state index contributed by atoms with van der Waals surface area (Å²) in [5.74, 6) is 5.71. The molecule has 3 heterocycles. The molecule has 3 aromatic heterocycles. The third kappa shape index (κ3) is 7.55. The summed E-state index contributed by atoms with van der Waals surface area (Å²) in [6.07, 6.45) is 16.7. The number of nitrogens with zero attached hydrogens (tertiary/aromatic N) is 4. The molecule has 0 amide bonds. The Kier molecular flexibility index (Phi) is 12.1. The summed E-state index contributed by atoms with van der Waals surface area (Å²) in [6, 6.07) is 14.7. The van der Waals surface area contributed by atoms with Gasteiger partial charge in [-0.15, -0.1) is 19.3 Å². The normalized spacial score (nSPS) is 11.7. The summed E-state index contributed by atoms with van der Waals surface area (Å²) in [4.78, 5) is 32.7. The Hall–Kier alpha value is -6.78. The number of rotatable bonds is 7. The average molecular weight is 727 g/mol. The number of non-ortho nitro benzene ring substituents is 1. The van der Waals surface area contributed by atoms with Crippen molar-refractivity contribution in [3.63, 3.8) is 0 Å². The Morgan fingerprint density at radius 3 is 1.76 bits per heavy atom. The van der Waals surface area contributed by atoms with Gasteiger partial charge in [0, 0.05) is 84.6 Å². The summed E-state index contributed by atoms with van der Waals surface area (Å²) in [5.41, 5.74) is 20.5. The lowest BCUT2D eigenvalue weighted by molar-refractivity contribution is -0.383. The minimum absolute atomic E-state index is 0.00658. The van der Waals surface area contributed by atoms with Crippen molar-refractivity contribution >= 4 is 50.3 Å². The van der Waals surface area contributed by atoms with Crippen LogP contribution in [0.2, 0.25) is 0 Å². The summed E-state index contributed by atoms with van der Waals surface area (Å²) >= 11 is 0. The molecule has 6 N–H and O–H groups in total. The van der Waals surface area contributed by atoms with Crippen LogP contribution in [-0.4, -0.2) is 52.9 Å². The molecule has 12 nitrogen and oxygen atoms in total. The highest BCUT2D eigenvalue weighted by Gasteiger charge is 2.26. The molecular weight excluding hydrogens is 684 g/mol. The first-order valence-electron chi connectivity index (χ1n) is 16.7. The topological polar surface area (TPSA) is 185 Å². The summed E-state index contributed by atoms with van der Waals surface area (Å²) in [5, 5.41) is 31.8. The molecule has 0 saturated heterocycles. The molecular formula is C42H42N6O6. The van der Waals surface area contributed by atoms with Crippen molar-refractivity contribution in [2.75, 3.05) is 0 Å². The number of nitro groups is 1. The van der Waals surface area contributed by atoms with Crippen LogP contribution in [0, 0.1) is 67.9 Å². The van der Waals surface area contributed by atoms with E-state index in [0.29, 0.717) is 34.1 Å². The van der Waals surface area contributed by atoms with Crippen molar-refractivity contribution in [3.8, 4) is 37.0 Å². The van der Waals surface area contributed by atoms with Crippen molar-refractivity contribution in [2.24, 2.45) is 32.6 Å². The Labute approximate surface area is 313 Å². The predicted molar refractivity (Wildman–Crippen MR) is 212 cm³/mol. The molecule has 2 unspecified atom stereocenters. The molecule has 0 spiro atoms. The number of benzene rings is 3. The number of aryl methyl sites for hydroxylation is 4. The van der Waals surface area contributed by atoms with Gasteiger partial charge in [-0.05, 0) is 56.2 Å². The molecule has 0 fully saturated rings. The lowest BCUT2D eigenvalue weighted by atomic mass is 10.0. The molecule has 276 valence electrons. The van der Waals surface area contributed by atoms with Crippen molar-refractivity contribution < 1.29 is 24.7 Å². The van der Waals surface area contributed by atoms with E-state index in [1.807, 2.05) is 55.9 Å². The monoisotopic (exact) mass is 726 g/mol. The molecule has 0 aliphatic rings. The van der Waals surface area contributed by atoms with E-state index in [2.05, 4.69) is 41.4 Å². The lowest BCUT2D eigenvalue weighted by Gasteiger charge is -2.07. The molecule has 6 rings (SSSR count). The third-order valence-corrected chi connectivity index (χ3v) is 9.81. The van der Waals surface area contributed by atoms with Gasteiger partial charge in [-0.1, -0.05) is 42.0 Å². The van der Waals surface area contributed by atoms with Crippen LogP contribution in [0.1, 0.15) is 44.9 Å². The van der Waals surface area contributed by atoms with E-state index >= 15 is 0 Å². The van der Waals surface area contributed by atoms with Crippen LogP contribution in [0.15, 0.2) is 54.6 Å². The largest absolute Gasteiger partial charge is 0.480 e. The highest BCUT2D eigenvalue weighted by Crippen LogP contribution is 2.35. The zero-order chi connectivity index (χ0) is 40.2. The van der Waals surface area contributed by atoms with Crippen molar-refractivity contribution in [1.29, 1.82) is 0 Å². The van der Waals surface area contributed by atoms with Gasteiger partial charge in [0.2, 0.25) is 0 Å². The molecule has 0 aliphatic heterocycles. The smallest absolute Gasteiger partial charge is 0.320 e. The molecule has 2 atom stereocenters. The van der Waals surface area contributed by atoms with E-state index < -0.39 is 28.9 Å². The van der Waals surface area contributed by atoms with Gasteiger partial charge in [-0.3, -0.25) is 19.7 Å². The Bertz CT molecular complexity index is 2580. The number of fused-ring (bicyclic) bond motifs is 3. The van der Waals surface area contributed by atoms with Gasteiger partial charge < -0.3 is 35.4 Å². The highest BCUT2D eigenvalue weighted by atomic mass is 16.6. The molecule has 0 radical (unpaired) electrons. The van der Waals surface area contributed by atoms with E-state index in [1.165, 1.54) is 23.2 Å². The number of nitrogens with two attached hydrogens (primary N) is 2. The molecule has 12 heteroatoms. The van der Waals surface area contributed by atoms with Gasteiger partial charge in [0.05, 0.1) is 26.9 Å². The van der Waals surface area contributed by atoms with Gasteiger partial charge in [-0.2, -0.15) is 0 Å². The van der Waals surface area contributed by atoms with Crippen molar-refractivity contribution in [3.05, 3.63) is 110 Å². The van der Waals surface area contributed by atoms with E-state index in [-0.39, 0.29) is 12.1 Å². The van der Waals surface area contributed by atoms with Crippen molar-refractivity contribution in [1.82, 2.24) is 13.7 Å². The Morgan fingerprint density at radius 1 is 0.741 bits per heavy atom. The minimum Gasteiger partial charge on any atom is -0.480 e. The number of carboxylic acids is 2. The van der Waals surface area contributed by atoms with E-state index in [9.17, 15) is 19.7 Å². The second-order valence-corrected chi connectivity index (χ2v) is 12.9. The standard InChI is InChI=1S/C15H15N3O4.C15H16N2O2.C12H11N/c1-4-9-5-6-12(18(21)22)13-10(7-11(16)15(19)20)8(2)17(3)14(9)13;1-4-10-6-5-7-11-12(8-13(16)15(18)19)9(2)17(3)14(10)11;1-4-10-6-5-7-11-8-9(2)13(3)12(10)11/h1,5-6,11H,7,16H2,2-3H3,(H,19,20);1,5-7,13H,8,16H2,2-3H3,(H,18,19);1,5-8H,2-3H3. The summed E-state index contributed by atoms with van der Waals surface area (Å²) in [6.45, 7) is 5.79. The zero-order valence-electron chi connectivity index (χ0n) is 31.0. The van der Waals surface area contributed by atoms with Gasteiger partial charge >= 0.3 is 11.9 Å². The first kappa shape index (κ1) is 40.0. The first-order chi connectivity index (χ1) is 25.5. The van der Waals surface area contributed by atoms with Crippen LogP contribution in [-0.2, 0) is 43.6 Å². The minimum atomic E-state index is -1.16. The number of aliphatic carboxylic acids is 2. The van der Waals surface area contributed by atoms with Gasteiger partial charge in [0.25, 0.3) is 5.69 Å². The fourth-order valence-electron chi connectivity index (χ4n) is 6.66. The van der Waals surface area contributed by atoms with E-state index in [1.54, 1.807) is 18.5 Å². The lowest BCUT2D eigenvalue weighted by Crippen LogP contribution is -2.32. The van der Waals surface area contributed by atoms with E-state index in [0.717, 1.165) is 38.8 Å². The highest BCUT2D eigenvalue weighted by molar-refractivity contribution is 5.98. The maximum atomic E-state index is 11.3. The fraction of sp³-hybridized carbons (Fsp3) is 0.238. The number of para-hydroxylation sites is 2. The number of carboxylic acid groups (broad SMARTS) is 2. The predicted octanol–water partition coefficient (Wildman–Crippen LogP) is 5.22. The SMILES string of the molecule is C#Cc1ccc([N+](=O)[O-])c2c(CC(N)C(=O)O)c(C)n(C)c12.C#Cc1cccc2c(CC(N)C(=O)O)c(C)n(C)c12.C#Cc1cccc2cc(C)n(C)c12. The van der Waals surface area contributed by atoms with Crippen LogP contribution in [0.25, 0.3) is 32.7 Å². The maximum absolute atomic E-state index is 11.3. The van der Waals surface area contributed by atoms with Crippen LogP contribution in [0.5, 0.6) is 0 Å². The maximum Gasteiger partial charge on any atom is 0.320 e. The van der Waals surface area contributed by atoms with Crippen molar-refractivity contribution in [2.45, 2.75) is 45.7 Å². The number of hydrogen-bond acceptors (Lipinski definition) is 6. The number of nitro benzene ring substituents is 1. The van der Waals surface area contributed by atoms with Crippen LogP contribution >= 0.6 is 0 Å². The van der Waals surface area contributed by atoms with Gasteiger partial charge in [-0.25, -0.2) is 0 Å². The number of carbonyl (C=O) groups is 2. The molecule has 6 aromatic rings. The first-order valence-corrected chi connectivity index (χ1v) is 16.7. The van der Waals surface area contributed by atoms with Crippen LogP contribution < -0.4 is 11.5 Å². The molecule has 0 aliphatic carbocycles.